The van der Waals surface area contributed by atoms with E-state index in [-0.39, 0.29) is 36.1 Å². The smallest absolute Gasteiger partial charge is 0.264 e. The summed E-state index contributed by atoms with van der Waals surface area (Å²) in [7, 11) is 1.73. The van der Waals surface area contributed by atoms with Crippen LogP contribution in [0.5, 0.6) is 0 Å². The molecule has 3 fully saturated rings. The van der Waals surface area contributed by atoms with E-state index in [1.54, 1.807) is 24.4 Å². The molecular weight excluding hydrogens is 360 g/mol. The van der Waals surface area contributed by atoms with Gasteiger partial charge >= 0.3 is 0 Å². The summed E-state index contributed by atoms with van der Waals surface area (Å²) in [6, 6.07) is 6.34. The van der Waals surface area contributed by atoms with Crippen LogP contribution in [0.4, 0.5) is 0 Å². The molecule has 7 unspecified atom stereocenters. The number of hydrazine groups is 3. The summed E-state index contributed by atoms with van der Waals surface area (Å²) >= 11 is 0. The van der Waals surface area contributed by atoms with Crippen molar-refractivity contribution < 1.29 is 9.53 Å². The third-order valence-corrected chi connectivity index (χ3v) is 6.30. The second-order valence-corrected chi connectivity index (χ2v) is 7.81. The molecule has 10 nitrogen and oxygen atoms in total. The van der Waals surface area contributed by atoms with Crippen LogP contribution in [0.1, 0.15) is 24.5 Å². The predicted molar refractivity (Wildman–Crippen MR) is 100 cm³/mol. The molecule has 1 aromatic rings. The zero-order valence-electron chi connectivity index (χ0n) is 15.6. The van der Waals surface area contributed by atoms with E-state index in [1.165, 1.54) is 0 Å². The van der Waals surface area contributed by atoms with Crippen LogP contribution in [-0.2, 0) is 9.53 Å². The second kappa shape index (κ2) is 7.07. The first-order valence-electron chi connectivity index (χ1n) is 9.68. The van der Waals surface area contributed by atoms with Crippen molar-refractivity contribution in [3.05, 3.63) is 41.9 Å². The number of amides is 1. The molecule has 1 aromatic heterocycles. The third-order valence-electron chi connectivity index (χ3n) is 6.30. The first-order chi connectivity index (χ1) is 13.7. The lowest BCUT2D eigenvalue weighted by molar-refractivity contribution is -0.131. The largest absolute Gasteiger partial charge is 0.381 e. The number of aromatic nitrogens is 1. The summed E-state index contributed by atoms with van der Waals surface area (Å²) in [6.07, 6.45) is 4.46. The minimum Gasteiger partial charge on any atom is -0.381 e. The van der Waals surface area contributed by atoms with Crippen LogP contribution >= 0.6 is 0 Å². The van der Waals surface area contributed by atoms with Crippen LogP contribution in [0, 0.1) is 5.92 Å². The van der Waals surface area contributed by atoms with Crippen molar-refractivity contribution in [2.45, 2.75) is 49.3 Å². The van der Waals surface area contributed by atoms with E-state index in [0.717, 1.165) is 24.2 Å². The minimum absolute atomic E-state index is 0.0184. The summed E-state index contributed by atoms with van der Waals surface area (Å²) < 4.78 is 5.79. The Morgan fingerprint density at radius 3 is 2.82 bits per heavy atom. The lowest BCUT2D eigenvalue weighted by Crippen LogP contribution is -2.56. The molecule has 10 heteroatoms. The Morgan fingerprint density at radius 2 is 2.07 bits per heavy atom. The van der Waals surface area contributed by atoms with Gasteiger partial charge in [-0.2, -0.15) is 5.53 Å². The summed E-state index contributed by atoms with van der Waals surface area (Å²) in [4.78, 5) is 17.3. The van der Waals surface area contributed by atoms with E-state index >= 15 is 0 Å². The molecule has 28 heavy (non-hydrogen) atoms. The Morgan fingerprint density at radius 1 is 1.25 bits per heavy atom. The highest BCUT2D eigenvalue weighted by atomic mass is 16.5. The molecule has 0 radical (unpaired) electrons. The lowest BCUT2D eigenvalue weighted by atomic mass is 9.78. The van der Waals surface area contributed by atoms with Crippen LogP contribution in [-0.4, -0.2) is 53.5 Å². The van der Waals surface area contributed by atoms with Gasteiger partial charge in [-0.3, -0.25) is 9.78 Å². The summed E-state index contributed by atoms with van der Waals surface area (Å²) in [5.74, 6) is -0.160. The van der Waals surface area contributed by atoms with Crippen LogP contribution in [0.3, 0.4) is 0 Å². The molecule has 0 bridgehead atoms. The number of nitrogens with one attached hydrogen (secondary N) is 5. The number of ether oxygens (including phenoxy) is 1. The quantitative estimate of drug-likeness (QED) is 0.363. The summed E-state index contributed by atoms with van der Waals surface area (Å²) in [6.45, 7) is 0. The van der Waals surface area contributed by atoms with Gasteiger partial charge in [0.05, 0.1) is 23.9 Å². The van der Waals surface area contributed by atoms with Gasteiger partial charge in [0.25, 0.3) is 5.91 Å². The van der Waals surface area contributed by atoms with Crippen LogP contribution in [0.25, 0.3) is 0 Å². The van der Waals surface area contributed by atoms with Crippen molar-refractivity contribution >= 4 is 5.91 Å². The number of nitrogens with two attached hydrogens (primary N) is 1. The summed E-state index contributed by atoms with van der Waals surface area (Å²) in [5, 5.41) is 5.16. The van der Waals surface area contributed by atoms with E-state index in [4.69, 9.17) is 10.5 Å². The van der Waals surface area contributed by atoms with Gasteiger partial charge < -0.3 is 15.8 Å². The van der Waals surface area contributed by atoms with Gasteiger partial charge in [0, 0.05) is 43.1 Å². The Bertz CT molecular complexity index is 774. The molecular formula is C18H26N8O2. The average Bonchev–Trinajstić information content (AvgIpc) is 3.30. The van der Waals surface area contributed by atoms with E-state index in [9.17, 15) is 4.79 Å². The fourth-order valence-corrected chi connectivity index (χ4v) is 4.88. The van der Waals surface area contributed by atoms with E-state index in [0.29, 0.717) is 6.04 Å². The SMILES string of the molecule is COC1CC2NNNC2CC1C1=CC(=O)N2NC(N)C(c3ccccn3)C2N1. The van der Waals surface area contributed by atoms with Crippen LogP contribution in [0.15, 0.2) is 36.2 Å². The maximum atomic E-state index is 12.9. The van der Waals surface area contributed by atoms with Crippen molar-refractivity contribution in [1.29, 1.82) is 0 Å². The monoisotopic (exact) mass is 386 g/mol. The van der Waals surface area contributed by atoms with E-state index in [2.05, 4.69) is 32.1 Å². The second-order valence-electron chi connectivity index (χ2n) is 7.81. The topological polar surface area (TPSA) is 129 Å². The number of carbonyl (C=O) groups is 1. The van der Waals surface area contributed by atoms with Gasteiger partial charge in [0.2, 0.25) is 0 Å². The van der Waals surface area contributed by atoms with Crippen molar-refractivity contribution in [2.24, 2.45) is 11.7 Å². The molecule has 3 aliphatic heterocycles. The average molecular weight is 386 g/mol. The third kappa shape index (κ3) is 2.89. The number of pyridine rings is 1. The van der Waals surface area contributed by atoms with Crippen LogP contribution < -0.4 is 32.9 Å². The molecule has 4 aliphatic rings. The highest BCUT2D eigenvalue weighted by Crippen LogP contribution is 2.37. The zero-order valence-corrected chi connectivity index (χ0v) is 15.6. The number of hydrogen-bond donors (Lipinski definition) is 6. The molecule has 0 aromatic carbocycles. The van der Waals surface area contributed by atoms with Crippen molar-refractivity contribution in [1.82, 2.24) is 37.1 Å². The minimum atomic E-state index is -0.400. The Labute approximate surface area is 163 Å². The highest BCUT2D eigenvalue weighted by Gasteiger charge is 2.49. The molecule has 1 amide bonds. The number of rotatable bonds is 3. The molecule has 4 heterocycles. The van der Waals surface area contributed by atoms with Gasteiger partial charge in [-0.15, -0.1) is 0 Å². The lowest BCUT2D eigenvalue weighted by Gasteiger charge is -2.41. The fourth-order valence-electron chi connectivity index (χ4n) is 4.88. The predicted octanol–water partition coefficient (Wildman–Crippen LogP) is -1.62. The van der Waals surface area contributed by atoms with Gasteiger partial charge in [-0.1, -0.05) is 6.07 Å². The highest BCUT2D eigenvalue weighted by molar-refractivity contribution is 5.89. The Balaban J connectivity index is 1.43. The molecule has 1 aliphatic carbocycles. The molecule has 1 saturated carbocycles. The van der Waals surface area contributed by atoms with Crippen molar-refractivity contribution in [3.63, 3.8) is 0 Å². The van der Waals surface area contributed by atoms with Crippen LogP contribution in [0.2, 0.25) is 0 Å². The van der Waals surface area contributed by atoms with Crippen molar-refractivity contribution in [2.75, 3.05) is 7.11 Å². The molecule has 7 N–H and O–H groups in total. The van der Waals surface area contributed by atoms with Gasteiger partial charge in [-0.25, -0.2) is 21.3 Å². The van der Waals surface area contributed by atoms with Gasteiger partial charge in [0.1, 0.15) is 6.17 Å². The number of nitrogens with zero attached hydrogens (tertiary/aromatic N) is 2. The maximum absolute atomic E-state index is 12.9. The summed E-state index contributed by atoms with van der Waals surface area (Å²) in [5.41, 5.74) is 20.7. The molecule has 5 rings (SSSR count). The van der Waals surface area contributed by atoms with Crippen molar-refractivity contribution in [3.8, 4) is 0 Å². The maximum Gasteiger partial charge on any atom is 0.264 e. The normalized spacial score (nSPS) is 39.9. The molecule has 0 spiro atoms. The zero-order chi connectivity index (χ0) is 19.3. The number of hydrogen-bond acceptors (Lipinski definition) is 9. The number of carbonyl (C=O) groups excluding carboxylic acids is 1. The Hall–Kier alpha value is -2.08. The first kappa shape index (κ1) is 18.0. The Kier molecular flexibility index (Phi) is 4.54. The van der Waals surface area contributed by atoms with Gasteiger partial charge in [-0.05, 0) is 25.0 Å². The molecule has 150 valence electrons. The number of fused-ring (bicyclic) bond motifs is 2. The standard InChI is InChI=1S/C18H26N8O2/c1-28-14-7-13-12(22-25-23-13)6-9(14)11-8-15(27)26-18(21-11)16(17(19)24-26)10-4-2-3-5-20-10/h2-5,8-9,12-14,16-18,21-25H,6-7,19H2,1H3. The number of methoxy groups -OCH3 is 1. The van der Waals surface area contributed by atoms with E-state index in [1.807, 2.05) is 18.2 Å². The molecule has 2 saturated heterocycles. The molecule has 7 atom stereocenters. The van der Waals surface area contributed by atoms with Gasteiger partial charge in [0.15, 0.2) is 0 Å². The fraction of sp³-hybridized carbons (Fsp3) is 0.556. The van der Waals surface area contributed by atoms with E-state index < -0.39 is 6.17 Å². The first-order valence-corrected chi connectivity index (χ1v) is 9.68.